The average molecular weight is 310 g/mol. The first-order valence-electron chi connectivity index (χ1n) is 7.76. The Morgan fingerprint density at radius 1 is 1.22 bits per heavy atom. The number of para-hydroxylation sites is 1. The lowest BCUT2D eigenvalue weighted by Crippen LogP contribution is -2.31. The van der Waals surface area contributed by atoms with Crippen LogP contribution in [0.4, 0.5) is 5.69 Å². The van der Waals surface area contributed by atoms with Crippen LogP contribution in [0.1, 0.15) is 29.6 Å². The predicted octanol–water partition coefficient (Wildman–Crippen LogP) is 4.07. The lowest BCUT2D eigenvalue weighted by Gasteiger charge is -2.24. The summed E-state index contributed by atoms with van der Waals surface area (Å²) in [7, 11) is 0. The number of aryl methyl sites for hydroxylation is 3. The first kappa shape index (κ1) is 15.6. The number of aromatic nitrogens is 1. The lowest BCUT2D eigenvalue weighted by atomic mass is 9.96. The number of nitrogens with one attached hydrogen (secondary N) is 1. The summed E-state index contributed by atoms with van der Waals surface area (Å²) in [6.07, 6.45) is 1.79. The highest BCUT2D eigenvalue weighted by Crippen LogP contribution is 2.29. The SMILES string of the molecule is Cc1cc(C(C)(O)CNc2ccnc3c(C)cccc23)c(C)o1. The quantitative estimate of drug-likeness (QED) is 0.762. The number of nitrogens with zero attached hydrogens (tertiary/aromatic N) is 1. The van der Waals surface area contributed by atoms with Crippen LogP contribution in [0.15, 0.2) is 40.9 Å². The smallest absolute Gasteiger partial charge is 0.107 e. The molecule has 0 spiro atoms. The fraction of sp³-hybridized carbons (Fsp3) is 0.316. The standard InChI is InChI=1S/C19H22N2O2/c1-12-6-5-7-15-17(8-9-20-18(12)15)21-11-19(4,22)16-10-13(2)23-14(16)3/h5-10,22H,11H2,1-4H3,(H,20,21). The number of furan rings is 1. The molecular weight excluding hydrogens is 288 g/mol. The molecule has 23 heavy (non-hydrogen) atoms. The number of pyridine rings is 1. The molecule has 0 amide bonds. The van der Waals surface area contributed by atoms with Crippen LogP contribution in [0, 0.1) is 20.8 Å². The van der Waals surface area contributed by atoms with E-state index in [9.17, 15) is 5.11 Å². The molecule has 2 heterocycles. The molecule has 0 bridgehead atoms. The van der Waals surface area contributed by atoms with E-state index in [2.05, 4.69) is 10.3 Å². The maximum Gasteiger partial charge on any atom is 0.107 e. The van der Waals surface area contributed by atoms with E-state index in [1.165, 1.54) is 0 Å². The van der Waals surface area contributed by atoms with E-state index in [4.69, 9.17) is 4.42 Å². The van der Waals surface area contributed by atoms with Crippen LogP contribution in [0.25, 0.3) is 10.9 Å². The summed E-state index contributed by atoms with van der Waals surface area (Å²) in [4.78, 5) is 4.44. The Labute approximate surface area is 136 Å². The first-order valence-corrected chi connectivity index (χ1v) is 7.76. The summed E-state index contributed by atoms with van der Waals surface area (Å²) in [5.41, 5.74) is 2.89. The van der Waals surface area contributed by atoms with E-state index in [0.29, 0.717) is 6.54 Å². The minimum absolute atomic E-state index is 0.389. The van der Waals surface area contributed by atoms with E-state index in [1.54, 1.807) is 13.1 Å². The van der Waals surface area contributed by atoms with Crippen LogP contribution in [0.3, 0.4) is 0 Å². The topological polar surface area (TPSA) is 58.3 Å². The monoisotopic (exact) mass is 310 g/mol. The average Bonchev–Trinajstić information content (AvgIpc) is 2.85. The van der Waals surface area contributed by atoms with Gasteiger partial charge in [0, 0.05) is 29.4 Å². The van der Waals surface area contributed by atoms with E-state index in [0.717, 1.165) is 39.2 Å². The molecule has 0 radical (unpaired) electrons. The number of anilines is 1. The molecule has 1 atom stereocenters. The summed E-state index contributed by atoms with van der Waals surface area (Å²) < 4.78 is 5.54. The van der Waals surface area contributed by atoms with Gasteiger partial charge in [-0.15, -0.1) is 0 Å². The summed E-state index contributed by atoms with van der Waals surface area (Å²) in [6.45, 7) is 8.00. The Morgan fingerprint density at radius 3 is 2.70 bits per heavy atom. The zero-order valence-electron chi connectivity index (χ0n) is 14.0. The van der Waals surface area contributed by atoms with E-state index in [-0.39, 0.29) is 0 Å². The molecule has 0 aliphatic heterocycles. The van der Waals surface area contributed by atoms with Gasteiger partial charge in [0.2, 0.25) is 0 Å². The van der Waals surface area contributed by atoms with Gasteiger partial charge in [0.05, 0.1) is 5.52 Å². The number of fused-ring (bicyclic) bond motifs is 1. The van der Waals surface area contributed by atoms with Crippen molar-refractivity contribution >= 4 is 16.6 Å². The molecule has 2 aromatic heterocycles. The van der Waals surface area contributed by atoms with E-state index in [1.807, 2.05) is 51.1 Å². The van der Waals surface area contributed by atoms with E-state index < -0.39 is 5.60 Å². The third-order valence-electron chi connectivity index (χ3n) is 4.22. The number of aliphatic hydroxyl groups is 1. The van der Waals surface area contributed by atoms with E-state index >= 15 is 0 Å². The lowest BCUT2D eigenvalue weighted by molar-refractivity contribution is 0.0700. The molecule has 120 valence electrons. The molecule has 4 nitrogen and oxygen atoms in total. The van der Waals surface area contributed by atoms with Crippen LogP contribution in [-0.2, 0) is 5.60 Å². The van der Waals surface area contributed by atoms with Gasteiger partial charge < -0.3 is 14.8 Å². The van der Waals surface area contributed by atoms with Crippen LogP contribution in [0.5, 0.6) is 0 Å². The summed E-state index contributed by atoms with van der Waals surface area (Å²) >= 11 is 0. The second-order valence-corrected chi connectivity index (χ2v) is 6.28. The molecular formula is C19H22N2O2. The van der Waals surface area contributed by atoms with Gasteiger partial charge in [-0.25, -0.2) is 0 Å². The zero-order valence-corrected chi connectivity index (χ0v) is 14.0. The molecule has 2 N–H and O–H groups in total. The van der Waals surface area contributed by atoms with Crippen molar-refractivity contribution in [2.24, 2.45) is 0 Å². The second kappa shape index (κ2) is 5.70. The van der Waals surface area contributed by atoms with Gasteiger partial charge in [0.25, 0.3) is 0 Å². The molecule has 4 heteroatoms. The van der Waals surface area contributed by atoms with Crippen molar-refractivity contribution in [3.63, 3.8) is 0 Å². The Bertz CT molecular complexity index is 850. The summed E-state index contributed by atoms with van der Waals surface area (Å²) in [5, 5.41) is 15.2. The molecule has 0 saturated heterocycles. The van der Waals surface area contributed by atoms with Gasteiger partial charge in [-0.2, -0.15) is 0 Å². The van der Waals surface area contributed by atoms with Crippen LogP contribution < -0.4 is 5.32 Å². The normalized spacial score (nSPS) is 14.0. The van der Waals surface area contributed by atoms with Gasteiger partial charge in [0.15, 0.2) is 0 Å². The molecule has 0 aliphatic carbocycles. The van der Waals surface area contributed by atoms with Gasteiger partial charge in [-0.1, -0.05) is 18.2 Å². The molecule has 3 aromatic rings. The fourth-order valence-electron chi connectivity index (χ4n) is 3.01. The predicted molar refractivity (Wildman–Crippen MR) is 92.7 cm³/mol. The minimum atomic E-state index is -1.01. The van der Waals surface area contributed by atoms with Crippen molar-refractivity contribution in [1.82, 2.24) is 4.98 Å². The fourth-order valence-corrected chi connectivity index (χ4v) is 3.01. The van der Waals surface area contributed by atoms with Crippen molar-refractivity contribution in [2.45, 2.75) is 33.3 Å². The zero-order chi connectivity index (χ0) is 16.6. The number of hydrogen-bond acceptors (Lipinski definition) is 4. The van der Waals surface area contributed by atoms with Crippen LogP contribution >= 0.6 is 0 Å². The van der Waals surface area contributed by atoms with Crippen molar-refractivity contribution in [2.75, 3.05) is 11.9 Å². The molecule has 0 fully saturated rings. The minimum Gasteiger partial charge on any atom is -0.466 e. The van der Waals surface area contributed by atoms with Gasteiger partial charge in [-0.05, 0) is 45.4 Å². The highest BCUT2D eigenvalue weighted by molar-refractivity contribution is 5.92. The molecule has 0 aliphatic rings. The van der Waals surface area contributed by atoms with Crippen molar-refractivity contribution in [1.29, 1.82) is 0 Å². The third-order valence-corrected chi connectivity index (χ3v) is 4.22. The highest BCUT2D eigenvalue weighted by Gasteiger charge is 2.27. The second-order valence-electron chi connectivity index (χ2n) is 6.28. The first-order chi connectivity index (χ1) is 10.9. The Balaban J connectivity index is 1.89. The summed E-state index contributed by atoms with van der Waals surface area (Å²) in [5.74, 6) is 1.56. The van der Waals surface area contributed by atoms with Gasteiger partial charge in [0.1, 0.15) is 17.1 Å². The van der Waals surface area contributed by atoms with Crippen LogP contribution in [-0.4, -0.2) is 16.6 Å². The molecule has 3 rings (SSSR count). The molecule has 0 saturated carbocycles. The maximum absolute atomic E-state index is 10.8. The maximum atomic E-state index is 10.8. The molecule has 1 unspecified atom stereocenters. The van der Waals surface area contributed by atoms with Crippen molar-refractivity contribution in [3.05, 3.63) is 59.2 Å². The Kier molecular flexibility index (Phi) is 3.86. The Morgan fingerprint density at radius 2 is 2.00 bits per heavy atom. The van der Waals surface area contributed by atoms with Crippen LogP contribution in [0.2, 0.25) is 0 Å². The molecule has 1 aromatic carbocycles. The number of hydrogen-bond donors (Lipinski definition) is 2. The van der Waals surface area contributed by atoms with Gasteiger partial charge in [-0.3, -0.25) is 4.98 Å². The van der Waals surface area contributed by atoms with Crippen molar-refractivity contribution in [3.8, 4) is 0 Å². The summed E-state index contributed by atoms with van der Waals surface area (Å²) in [6, 6.07) is 9.94. The highest BCUT2D eigenvalue weighted by atomic mass is 16.3. The van der Waals surface area contributed by atoms with Crippen molar-refractivity contribution < 1.29 is 9.52 Å². The van der Waals surface area contributed by atoms with Gasteiger partial charge >= 0.3 is 0 Å². The number of benzene rings is 1. The third kappa shape index (κ3) is 2.94. The number of rotatable bonds is 4. The Hall–Kier alpha value is -2.33. The largest absolute Gasteiger partial charge is 0.466 e.